The summed E-state index contributed by atoms with van der Waals surface area (Å²) in [6, 6.07) is 0. The van der Waals surface area contributed by atoms with Crippen LogP contribution in [0.25, 0.3) is 0 Å². The van der Waals surface area contributed by atoms with Crippen LogP contribution >= 0.6 is 7.60 Å². The van der Waals surface area contributed by atoms with E-state index in [1.54, 1.807) is 6.92 Å². The predicted octanol–water partition coefficient (Wildman–Crippen LogP) is 4.04. The van der Waals surface area contributed by atoms with E-state index >= 15 is 0 Å². The van der Waals surface area contributed by atoms with Gasteiger partial charge in [0.2, 0.25) is 0 Å². The number of hydrogen-bond donors (Lipinski definition) is 0. The van der Waals surface area contributed by atoms with Crippen molar-refractivity contribution in [2.45, 2.75) is 46.2 Å². The molecule has 0 rings (SSSR count). The molecule has 102 valence electrons. The molecule has 0 aromatic heterocycles. The van der Waals surface area contributed by atoms with Gasteiger partial charge in [0.25, 0.3) is 0 Å². The van der Waals surface area contributed by atoms with Crippen LogP contribution in [-0.2, 0) is 17.7 Å². The zero-order valence-electron chi connectivity index (χ0n) is 11.7. The Bertz CT molecular complexity index is 298. The van der Waals surface area contributed by atoms with Gasteiger partial charge in [-0.3, -0.25) is 0 Å². The fraction of sp³-hybridized carbons (Fsp3) is 0.889. The molecule has 0 aliphatic rings. The first-order chi connectivity index (χ1) is 7.40. The molecule has 0 aliphatic heterocycles. The fourth-order valence-electron chi connectivity index (χ4n) is 1.02. The number of hydrogen-bond acceptors (Lipinski definition) is 5. The summed E-state index contributed by atoms with van der Waals surface area (Å²) in [6.45, 7) is 12.9. The zero-order chi connectivity index (χ0) is 13.9. The van der Waals surface area contributed by atoms with Crippen molar-refractivity contribution in [3.05, 3.63) is 0 Å². The van der Waals surface area contributed by atoms with Crippen LogP contribution in [0.5, 0.6) is 0 Å². The third-order valence-electron chi connectivity index (χ3n) is 1.28. The highest BCUT2D eigenvalue weighted by Crippen LogP contribution is 2.54. The van der Waals surface area contributed by atoms with Crippen molar-refractivity contribution in [1.82, 2.24) is 0 Å². The molecule has 0 bridgehead atoms. The van der Waals surface area contributed by atoms with Gasteiger partial charge in [0.1, 0.15) is 0 Å². The van der Waals surface area contributed by atoms with Gasteiger partial charge in [-0.1, -0.05) is 0 Å². The van der Waals surface area contributed by atoms with E-state index in [2.05, 4.69) is 0 Å². The molecule has 0 heterocycles. The maximum atomic E-state index is 12.5. The quantitative estimate of drug-likeness (QED) is 0.547. The second-order valence-corrected chi connectivity index (χ2v) is 16.9. The third kappa shape index (κ3) is 7.15. The van der Waals surface area contributed by atoms with Gasteiger partial charge in [-0.2, -0.15) is 0 Å². The molecule has 0 spiro atoms. The minimum absolute atomic E-state index is 0.160. The first-order valence-electron chi connectivity index (χ1n) is 5.58. The summed E-state index contributed by atoms with van der Waals surface area (Å²) in [6.07, 6.45) is 0. The van der Waals surface area contributed by atoms with Crippen molar-refractivity contribution >= 4 is 29.9 Å². The van der Waals surface area contributed by atoms with E-state index in [4.69, 9.17) is 13.2 Å². The van der Waals surface area contributed by atoms with Gasteiger partial charge >= 0.3 is 13.3 Å². The number of rotatable bonds is 6. The summed E-state index contributed by atoms with van der Waals surface area (Å²) in [5.74, 6) is 0. The monoisotopic (exact) mass is 298 g/mol. The van der Waals surface area contributed by atoms with Crippen molar-refractivity contribution in [2.75, 3.05) is 6.61 Å². The Morgan fingerprint density at radius 2 is 1.35 bits per heavy atom. The Morgan fingerprint density at radius 3 is 1.59 bits per heavy atom. The molecule has 0 N–H and O–H groups in total. The van der Waals surface area contributed by atoms with Gasteiger partial charge in [-0.15, -0.1) is 0 Å². The van der Waals surface area contributed by atoms with E-state index in [1.807, 2.05) is 39.3 Å². The van der Waals surface area contributed by atoms with E-state index in [0.29, 0.717) is 0 Å². The van der Waals surface area contributed by atoms with Crippen LogP contribution in [0, 0.1) is 0 Å². The summed E-state index contributed by atoms with van der Waals surface area (Å²) >= 11 is 0. The van der Waals surface area contributed by atoms with Crippen LogP contribution < -0.4 is 0 Å². The summed E-state index contributed by atoms with van der Waals surface area (Å²) in [7, 11) is -8.11. The van der Waals surface area contributed by atoms with E-state index in [-0.39, 0.29) is 6.61 Å². The van der Waals surface area contributed by atoms with Crippen molar-refractivity contribution < 1.29 is 22.5 Å². The SMILES string of the molecule is CCOC(=O)P(=O)(O[Si](C)(C)C)O[Si](C)(C)C. The normalized spacial score (nSPS) is 13.6. The van der Waals surface area contributed by atoms with E-state index in [9.17, 15) is 9.36 Å². The largest absolute Gasteiger partial charge is 0.457 e. The molecule has 0 atom stereocenters. The van der Waals surface area contributed by atoms with E-state index in [1.165, 1.54) is 0 Å². The molecular weight excluding hydrogens is 275 g/mol. The molecule has 0 saturated heterocycles. The Balaban J connectivity index is 5.08. The zero-order valence-corrected chi connectivity index (χ0v) is 14.6. The summed E-state index contributed by atoms with van der Waals surface area (Å²) < 4.78 is 28.2. The first-order valence-corrected chi connectivity index (χ1v) is 13.9. The van der Waals surface area contributed by atoms with Crippen molar-refractivity contribution in [3.63, 3.8) is 0 Å². The minimum atomic E-state index is -3.81. The average molecular weight is 298 g/mol. The lowest BCUT2D eigenvalue weighted by Gasteiger charge is -2.28. The second-order valence-electron chi connectivity index (χ2n) is 5.60. The molecule has 0 aliphatic carbocycles. The molecule has 8 heteroatoms. The highest BCUT2D eigenvalue weighted by molar-refractivity contribution is 7.73. The molecule has 0 fully saturated rings. The van der Waals surface area contributed by atoms with E-state index < -0.39 is 29.9 Å². The maximum Gasteiger partial charge on any atom is 0.419 e. The molecule has 0 aromatic rings. The van der Waals surface area contributed by atoms with Crippen molar-refractivity contribution in [2.24, 2.45) is 0 Å². The van der Waals surface area contributed by atoms with Gasteiger partial charge in [-0.05, 0) is 46.2 Å². The highest BCUT2D eigenvalue weighted by Gasteiger charge is 2.44. The van der Waals surface area contributed by atoms with Crippen LogP contribution in [0.2, 0.25) is 39.3 Å². The Morgan fingerprint density at radius 1 is 1.00 bits per heavy atom. The lowest BCUT2D eigenvalue weighted by Crippen LogP contribution is -2.32. The highest BCUT2D eigenvalue weighted by atomic mass is 31.2. The summed E-state index contributed by atoms with van der Waals surface area (Å²) in [5.41, 5.74) is -0.871. The molecule has 17 heavy (non-hydrogen) atoms. The Kier molecular flexibility index (Phi) is 5.81. The molecular formula is C9H23O5PSi2. The molecule has 0 saturated carbocycles. The molecule has 5 nitrogen and oxygen atoms in total. The van der Waals surface area contributed by atoms with Crippen LogP contribution in [0.15, 0.2) is 0 Å². The summed E-state index contributed by atoms with van der Waals surface area (Å²) in [4.78, 5) is 11.7. The van der Waals surface area contributed by atoms with E-state index in [0.717, 1.165) is 0 Å². The fourth-order valence-corrected chi connectivity index (χ4v) is 8.15. The Labute approximate surface area is 106 Å². The summed E-state index contributed by atoms with van der Waals surface area (Å²) in [5, 5.41) is 0. The van der Waals surface area contributed by atoms with Crippen LogP contribution in [0.4, 0.5) is 4.79 Å². The average Bonchev–Trinajstić information content (AvgIpc) is 1.96. The molecule has 0 aromatic carbocycles. The second kappa shape index (κ2) is 5.80. The van der Waals surface area contributed by atoms with Crippen LogP contribution in [0.3, 0.4) is 0 Å². The maximum absolute atomic E-state index is 12.5. The van der Waals surface area contributed by atoms with Crippen LogP contribution in [0.1, 0.15) is 6.92 Å². The predicted molar refractivity (Wildman–Crippen MR) is 73.5 cm³/mol. The number of ether oxygens (including phenoxy) is 1. The molecule has 0 amide bonds. The van der Waals surface area contributed by atoms with Gasteiger partial charge in [-0.25, -0.2) is 9.36 Å². The minimum Gasteiger partial charge on any atom is -0.457 e. The third-order valence-corrected chi connectivity index (χ3v) is 8.16. The smallest absolute Gasteiger partial charge is 0.419 e. The van der Waals surface area contributed by atoms with Gasteiger partial charge in [0.15, 0.2) is 16.6 Å². The number of carbonyl (C=O) groups is 1. The van der Waals surface area contributed by atoms with Crippen molar-refractivity contribution in [3.8, 4) is 0 Å². The molecule has 0 unspecified atom stereocenters. The lowest BCUT2D eigenvalue weighted by molar-refractivity contribution is 0.170. The first kappa shape index (κ1) is 17.1. The van der Waals surface area contributed by atoms with Gasteiger partial charge in [0, 0.05) is 0 Å². The van der Waals surface area contributed by atoms with Crippen LogP contribution in [-0.4, -0.2) is 29.0 Å². The standard InChI is InChI=1S/C9H23O5PSi2/c1-8-12-9(10)15(11,13-16(2,3)4)14-17(5,6)7/h8H2,1-7H3. The van der Waals surface area contributed by atoms with Gasteiger partial charge in [0.05, 0.1) is 6.61 Å². The molecule has 0 radical (unpaired) electrons. The van der Waals surface area contributed by atoms with Gasteiger partial charge < -0.3 is 13.2 Å². The topological polar surface area (TPSA) is 61.8 Å². The lowest BCUT2D eigenvalue weighted by atomic mass is 10.9. The Hall–Kier alpha value is 0.0538. The number of carbonyl (C=O) groups excluding carboxylic acids is 1. The van der Waals surface area contributed by atoms with Crippen molar-refractivity contribution in [1.29, 1.82) is 0 Å².